The van der Waals surface area contributed by atoms with Crippen LogP contribution in [0.25, 0.3) is 0 Å². The van der Waals surface area contributed by atoms with Crippen molar-refractivity contribution in [1.82, 2.24) is 20.4 Å². The topological polar surface area (TPSA) is 151 Å². The maximum atomic E-state index is 14.3. The number of ether oxygens (including phenoxy) is 5. The zero-order chi connectivity index (χ0) is 40.9. The number of alkyl carbamates (subject to hydrolysis) is 1. The molecule has 2 fully saturated rings. The Balaban J connectivity index is 1.14. The maximum Gasteiger partial charge on any atom is 0.407 e. The molecule has 1 aliphatic carbocycles. The Morgan fingerprint density at radius 2 is 1.33 bits per heavy atom. The average molecular weight is 803 g/mol. The lowest BCUT2D eigenvalue weighted by Gasteiger charge is -2.30. The third-order valence-electron chi connectivity index (χ3n) is 10.9. The van der Waals surface area contributed by atoms with Gasteiger partial charge in [-0.3, -0.25) is 14.6 Å². The number of rotatable bonds is 18. The van der Waals surface area contributed by atoms with Gasteiger partial charge in [0.25, 0.3) is 0 Å². The summed E-state index contributed by atoms with van der Waals surface area (Å²) in [5.74, 6) is 0.475. The summed E-state index contributed by atoms with van der Waals surface area (Å²) in [4.78, 5) is 32.0. The second kappa shape index (κ2) is 21.1. The number of aliphatic hydroxyl groups is 2. The van der Waals surface area contributed by atoms with Crippen LogP contribution in [0.4, 0.5) is 4.79 Å². The van der Waals surface area contributed by atoms with Crippen LogP contribution in [-0.2, 0) is 38.3 Å². The van der Waals surface area contributed by atoms with Crippen LogP contribution in [-0.4, -0.2) is 135 Å². The lowest BCUT2D eigenvalue weighted by atomic mass is 9.88. The van der Waals surface area contributed by atoms with Crippen molar-refractivity contribution in [2.45, 2.75) is 76.3 Å². The lowest BCUT2D eigenvalue weighted by Crippen LogP contribution is -2.48. The number of nitrogens with zero attached hydrogens (tertiary/aromatic N) is 2. The van der Waals surface area contributed by atoms with Gasteiger partial charge in [-0.25, -0.2) is 4.79 Å². The van der Waals surface area contributed by atoms with Crippen molar-refractivity contribution >= 4 is 12.0 Å². The first-order chi connectivity index (χ1) is 28.0. The Hall–Kier alpha value is -4.24. The number of fused-ring (bicyclic) bond motifs is 1. The van der Waals surface area contributed by atoms with E-state index in [1.165, 1.54) is 0 Å². The van der Waals surface area contributed by atoms with E-state index in [2.05, 4.69) is 20.4 Å². The molecule has 3 aromatic rings. The largest absolute Gasteiger partial charge is 0.492 e. The highest BCUT2D eigenvalue weighted by Gasteiger charge is 2.35. The second-order valence-electron chi connectivity index (χ2n) is 16.5. The van der Waals surface area contributed by atoms with E-state index in [1.54, 1.807) is 20.8 Å². The molecule has 0 spiro atoms. The van der Waals surface area contributed by atoms with Crippen molar-refractivity contribution in [1.29, 1.82) is 0 Å². The number of nitrogens with one attached hydrogen (secondary N) is 2. The van der Waals surface area contributed by atoms with E-state index in [0.29, 0.717) is 26.1 Å². The average Bonchev–Trinajstić information content (AvgIpc) is 3.52. The van der Waals surface area contributed by atoms with Gasteiger partial charge in [0.1, 0.15) is 30.3 Å². The molecule has 1 unspecified atom stereocenters. The van der Waals surface area contributed by atoms with Gasteiger partial charge < -0.3 is 44.5 Å². The summed E-state index contributed by atoms with van der Waals surface area (Å²) in [5.41, 5.74) is 2.90. The lowest BCUT2D eigenvalue weighted by molar-refractivity contribution is -0.127. The number of hydrogen-bond donors (Lipinski definition) is 4. The van der Waals surface area contributed by atoms with E-state index in [-0.39, 0.29) is 18.7 Å². The molecule has 0 radical (unpaired) electrons. The molecule has 2 aliphatic heterocycles. The second-order valence-corrected chi connectivity index (χ2v) is 16.5. The molecule has 3 aliphatic rings. The molecule has 2 saturated heterocycles. The third-order valence-corrected chi connectivity index (χ3v) is 10.9. The van der Waals surface area contributed by atoms with Crippen molar-refractivity contribution in [3.8, 4) is 11.5 Å². The summed E-state index contributed by atoms with van der Waals surface area (Å²) in [6, 6.07) is 21.7. The van der Waals surface area contributed by atoms with Crippen LogP contribution in [0.5, 0.6) is 11.5 Å². The summed E-state index contributed by atoms with van der Waals surface area (Å²) in [6.45, 7) is 14.6. The Kier molecular flexibility index (Phi) is 15.8. The number of hydrogen-bond acceptors (Lipinski definition) is 11. The first kappa shape index (κ1) is 43.3. The first-order valence-electron chi connectivity index (χ1n) is 20.8. The Morgan fingerprint density at radius 3 is 1.88 bits per heavy atom. The number of morpholine rings is 2. The quantitative estimate of drug-likeness (QED) is 0.148. The van der Waals surface area contributed by atoms with Crippen molar-refractivity contribution in [2.24, 2.45) is 5.92 Å². The van der Waals surface area contributed by atoms with Crippen LogP contribution in [0, 0.1) is 5.92 Å². The van der Waals surface area contributed by atoms with E-state index in [1.807, 2.05) is 72.8 Å². The van der Waals surface area contributed by atoms with Crippen molar-refractivity contribution in [2.75, 3.05) is 78.9 Å². The van der Waals surface area contributed by atoms with Gasteiger partial charge in [0, 0.05) is 51.6 Å². The van der Waals surface area contributed by atoms with Crippen LogP contribution in [0.1, 0.15) is 55.5 Å². The highest BCUT2D eigenvalue weighted by Crippen LogP contribution is 2.32. The van der Waals surface area contributed by atoms with Gasteiger partial charge in [-0.2, -0.15) is 0 Å². The molecule has 5 atom stereocenters. The summed E-state index contributed by atoms with van der Waals surface area (Å²) in [5, 5.41) is 29.0. The Bertz CT molecular complexity index is 1720. The van der Waals surface area contributed by atoms with E-state index in [4.69, 9.17) is 23.7 Å². The van der Waals surface area contributed by atoms with Crippen LogP contribution in [0.15, 0.2) is 72.8 Å². The minimum Gasteiger partial charge on any atom is -0.492 e. The third kappa shape index (κ3) is 13.4. The van der Waals surface area contributed by atoms with E-state index in [9.17, 15) is 19.8 Å². The van der Waals surface area contributed by atoms with E-state index >= 15 is 0 Å². The van der Waals surface area contributed by atoms with Gasteiger partial charge in [-0.05, 0) is 86.6 Å². The minimum atomic E-state index is -1.13. The maximum absolute atomic E-state index is 14.3. The van der Waals surface area contributed by atoms with E-state index < -0.39 is 41.9 Å². The van der Waals surface area contributed by atoms with Crippen LogP contribution in [0.2, 0.25) is 0 Å². The molecule has 2 amide bonds. The minimum absolute atomic E-state index is 0.0390. The Labute approximate surface area is 342 Å². The first-order valence-corrected chi connectivity index (χ1v) is 20.8. The molecule has 316 valence electrons. The molecule has 0 saturated carbocycles. The van der Waals surface area contributed by atoms with Crippen molar-refractivity contribution in [3.05, 3.63) is 95.1 Å². The fourth-order valence-corrected chi connectivity index (χ4v) is 7.72. The molecule has 6 rings (SSSR count). The number of aliphatic hydroxyl groups excluding tert-OH is 2. The fourth-order valence-electron chi connectivity index (χ4n) is 7.72. The number of benzene rings is 3. The highest BCUT2D eigenvalue weighted by molar-refractivity contribution is 5.80. The molecule has 2 heterocycles. The molecule has 13 heteroatoms. The molecule has 0 aromatic heterocycles. The normalized spacial score (nSPS) is 20.4. The van der Waals surface area contributed by atoms with Gasteiger partial charge in [-0.1, -0.05) is 48.5 Å². The van der Waals surface area contributed by atoms with Gasteiger partial charge >= 0.3 is 6.09 Å². The van der Waals surface area contributed by atoms with Gasteiger partial charge in [0.05, 0.1) is 50.7 Å². The summed E-state index contributed by atoms with van der Waals surface area (Å²) in [7, 11) is 0. The molecule has 4 N–H and O–H groups in total. The number of amides is 2. The zero-order valence-corrected chi connectivity index (χ0v) is 34.3. The van der Waals surface area contributed by atoms with Crippen molar-refractivity contribution in [3.63, 3.8) is 0 Å². The van der Waals surface area contributed by atoms with Crippen molar-refractivity contribution < 1.29 is 43.5 Å². The Morgan fingerprint density at radius 1 is 0.793 bits per heavy atom. The van der Waals surface area contributed by atoms with E-state index in [0.717, 1.165) is 99.4 Å². The summed E-state index contributed by atoms with van der Waals surface area (Å²) < 4.78 is 28.5. The fraction of sp³-hybridized carbons (Fsp3) is 0.556. The predicted octanol–water partition coefficient (Wildman–Crippen LogP) is 3.93. The molecule has 13 nitrogen and oxygen atoms in total. The number of carbonyl (C=O) groups is 2. The van der Waals surface area contributed by atoms with Crippen LogP contribution < -0.4 is 20.1 Å². The smallest absolute Gasteiger partial charge is 0.407 e. The monoisotopic (exact) mass is 802 g/mol. The van der Waals surface area contributed by atoms with Crippen LogP contribution >= 0.6 is 0 Å². The molecular formula is C45H62N4O9. The standard InChI is InChI=1S/C45H62N4O9/c1-45(2,3)58-44(53)46-39(29-33-10-14-37(15-11-33)57-27-21-49-18-24-55-25-19-49)40(50)31-35(43(52)47-42-38-7-5-4-6-34(38)30-41(42)51)28-32-8-12-36(13-9-32)56-26-20-48-16-22-54-23-17-48/h4-15,35,39-42,50-51H,16-31H2,1-3H3,(H,46,53)(H,47,52)/t35-,39+,40+,41-,42?/m1/s1. The summed E-state index contributed by atoms with van der Waals surface area (Å²) >= 11 is 0. The molecule has 0 bridgehead atoms. The SMILES string of the molecule is CC(C)(C)OC(=O)N[C@@H](Cc1ccc(OCCN2CCOCC2)cc1)[C@@H](O)C[C@@H](Cc1ccc(OCCN2CCOCC2)cc1)C(=O)NC1c2ccccc2C[C@H]1O. The highest BCUT2D eigenvalue weighted by atomic mass is 16.6. The summed E-state index contributed by atoms with van der Waals surface area (Å²) in [6.07, 6.45) is -1.47. The van der Waals surface area contributed by atoms with Gasteiger partial charge in [-0.15, -0.1) is 0 Å². The predicted molar refractivity (Wildman–Crippen MR) is 220 cm³/mol. The molecule has 3 aromatic carbocycles. The molecule has 58 heavy (non-hydrogen) atoms. The van der Waals surface area contributed by atoms with Gasteiger partial charge in [0.15, 0.2) is 0 Å². The zero-order valence-electron chi connectivity index (χ0n) is 34.3. The van der Waals surface area contributed by atoms with Gasteiger partial charge in [0.2, 0.25) is 5.91 Å². The number of carbonyl (C=O) groups excluding carboxylic acids is 2. The van der Waals surface area contributed by atoms with Crippen LogP contribution in [0.3, 0.4) is 0 Å². The molecular weight excluding hydrogens is 741 g/mol.